The summed E-state index contributed by atoms with van der Waals surface area (Å²) in [5.41, 5.74) is 1.57. The minimum atomic E-state index is -0.140. The number of nitrogens with zero attached hydrogens (tertiary/aromatic N) is 1. The second-order valence-electron chi connectivity index (χ2n) is 4.08. The molecule has 0 radical (unpaired) electrons. The van der Waals surface area contributed by atoms with Crippen molar-refractivity contribution in [2.45, 2.75) is 20.0 Å². The molecule has 92 valence electrons. The molecule has 0 spiro atoms. The van der Waals surface area contributed by atoms with Crippen molar-refractivity contribution in [2.75, 3.05) is 0 Å². The van der Waals surface area contributed by atoms with E-state index in [1.165, 1.54) is 6.92 Å². The maximum atomic E-state index is 11.5. The van der Waals surface area contributed by atoms with Crippen molar-refractivity contribution in [1.82, 2.24) is 4.98 Å². The Hall–Kier alpha value is -2.16. The van der Waals surface area contributed by atoms with Crippen LogP contribution in [0.25, 0.3) is 0 Å². The summed E-state index contributed by atoms with van der Waals surface area (Å²) in [6.45, 7) is 3.45. The summed E-state index contributed by atoms with van der Waals surface area (Å²) in [6.07, 6.45) is 1.48. The Morgan fingerprint density at radius 1 is 1.17 bits per heavy atom. The van der Waals surface area contributed by atoms with Crippen LogP contribution in [0, 0.1) is 0 Å². The van der Waals surface area contributed by atoms with Crippen molar-refractivity contribution in [2.24, 2.45) is 0 Å². The van der Waals surface area contributed by atoms with Crippen LogP contribution < -0.4 is 4.74 Å². The van der Waals surface area contributed by atoms with Crippen LogP contribution in [-0.2, 0) is 0 Å². The van der Waals surface area contributed by atoms with Gasteiger partial charge in [-0.25, -0.2) is 4.98 Å². The fourth-order valence-electron chi connectivity index (χ4n) is 1.71. The van der Waals surface area contributed by atoms with Gasteiger partial charge in [0.2, 0.25) is 5.88 Å². The molecule has 0 saturated carbocycles. The number of aromatic nitrogens is 1. The third-order valence-corrected chi connectivity index (χ3v) is 2.71. The third kappa shape index (κ3) is 2.74. The molecular formula is C15H15NO2. The zero-order valence-corrected chi connectivity index (χ0v) is 10.5. The minimum Gasteiger partial charge on any atom is -0.469 e. The number of Topliss-reactive ketones (excluding diaryl/α,β-unsaturated/α-hetero) is 1. The van der Waals surface area contributed by atoms with E-state index in [2.05, 4.69) is 4.98 Å². The van der Waals surface area contributed by atoms with Crippen LogP contribution in [0.5, 0.6) is 5.88 Å². The second-order valence-corrected chi connectivity index (χ2v) is 4.08. The van der Waals surface area contributed by atoms with Gasteiger partial charge in [0.05, 0.1) is 5.56 Å². The number of hydrogen-bond donors (Lipinski definition) is 0. The molecule has 2 rings (SSSR count). The van der Waals surface area contributed by atoms with Gasteiger partial charge in [-0.05, 0) is 31.5 Å². The Kier molecular flexibility index (Phi) is 3.72. The van der Waals surface area contributed by atoms with Crippen LogP contribution in [-0.4, -0.2) is 10.8 Å². The summed E-state index contributed by atoms with van der Waals surface area (Å²) in [5, 5.41) is 0. The first kappa shape index (κ1) is 12.3. The molecule has 0 aliphatic carbocycles. The van der Waals surface area contributed by atoms with Crippen molar-refractivity contribution < 1.29 is 9.53 Å². The standard InChI is InChI=1S/C15H15NO2/c1-11(17)14-9-6-10-16-15(14)18-12(2)13-7-4-3-5-8-13/h3-10,12H,1-2H3. The van der Waals surface area contributed by atoms with Crippen LogP contribution in [0.3, 0.4) is 0 Å². The molecule has 1 atom stereocenters. The summed E-state index contributed by atoms with van der Waals surface area (Å²) in [6, 6.07) is 13.3. The minimum absolute atomic E-state index is 0.0432. The molecule has 1 unspecified atom stereocenters. The number of ketones is 1. The summed E-state index contributed by atoms with van der Waals surface area (Å²) in [7, 11) is 0. The lowest BCUT2D eigenvalue weighted by atomic mass is 10.1. The predicted octanol–water partition coefficient (Wildman–Crippen LogP) is 3.42. The van der Waals surface area contributed by atoms with E-state index >= 15 is 0 Å². The molecule has 18 heavy (non-hydrogen) atoms. The van der Waals surface area contributed by atoms with Crippen molar-refractivity contribution in [3.8, 4) is 5.88 Å². The highest BCUT2D eigenvalue weighted by Gasteiger charge is 2.13. The number of hydrogen-bond acceptors (Lipinski definition) is 3. The SMILES string of the molecule is CC(=O)c1cccnc1OC(C)c1ccccc1. The Morgan fingerprint density at radius 2 is 1.89 bits per heavy atom. The monoisotopic (exact) mass is 241 g/mol. The molecule has 0 aliphatic heterocycles. The number of rotatable bonds is 4. The van der Waals surface area contributed by atoms with E-state index in [9.17, 15) is 4.79 Å². The highest BCUT2D eigenvalue weighted by atomic mass is 16.5. The van der Waals surface area contributed by atoms with Crippen molar-refractivity contribution in [1.29, 1.82) is 0 Å². The average molecular weight is 241 g/mol. The highest BCUT2D eigenvalue weighted by molar-refractivity contribution is 5.96. The van der Waals surface area contributed by atoms with Gasteiger partial charge in [0.1, 0.15) is 6.10 Å². The summed E-state index contributed by atoms with van der Waals surface area (Å²) in [5.74, 6) is 0.347. The molecule has 1 heterocycles. The topological polar surface area (TPSA) is 39.2 Å². The molecule has 3 heteroatoms. The summed E-state index contributed by atoms with van der Waals surface area (Å²) >= 11 is 0. The Balaban J connectivity index is 2.22. The van der Waals surface area contributed by atoms with Crippen molar-refractivity contribution in [3.63, 3.8) is 0 Å². The molecule has 0 N–H and O–H groups in total. The van der Waals surface area contributed by atoms with E-state index in [0.29, 0.717) is 11.4 Å². The molecule has 0 aliphatic rings. The van der Waals surface area contributed by atoms with E-state index in [1.54, 1.807) is 18.3 Å². The van der Waals surface area contributed by atoms with Gasteiger partial charge < -0.3 is 4.74 Å². The first-order chi connectivity index (χ1) is 8.68. The molecule has 1 aromatic carbocycles. The van der Waals surface area contributed by atoms with Gasteiger partial charge in [0.15, 0.2) is 5.78 Å². The van der Waals surface area contributed by atoms with Gasteiger partial charge >= 0.3 is 0 Å². The molecular weight excluding hydrogens is 226 g/mol. The summed E-state index contributed by atoms with van der Waals surface area (Å²) in [4.78, 5) is 15.6. The summed E-state index contributed by atoms with van der Waals surface area (Å²) < 4.78 is 5.76. The number of carbonyl (C=O) groups excluding carboxylic acids is 1. The Labute approximate surface area is 106 Å². The van der Waals surface area contributed by atoms with E-state index in [4.69, 9.17) is 4.74 Å². The number of carbonyl (C=O) groups is 1. The molecule has 0 amide bonds. The largest absolute Gasteiger partial charge is 0.469 e. The zero-order valence-electron chi connectivity index (χ0n) is 10.5. The van der Waals surface area contributed by atoms with E-state index in [-0.39, 0.29) is 11.9 Å². The number of benzene rings is 1. The number of pyridine rings is 1. The van der Waals surface area contributed by atoms with Gasteiger partial charge in [0, 0.05) is 6.20 Å². The van der Waals surface area contributed by atoms with E-state index < -0.39 is 0 Å². The van der Waals surface area contributed by atoms with E-state index in [1.807, 2.05) is 37.3 Å². The molecule has 0 bridgehead atoms. The molecule has 0 fully saturated rings. The Bertz CT molecular complexity index is 537. The lowest BCUT2D eigenvalue weighted by molar-refractivity contribution is 0.100. The smallest absolute Gasteiger partial charge is 0.224 e. The van der Waals surface area contributed by atoms with Gasteiger partial charge in [-0.15, -0.1) is 0 Å². The lowest BCUT2D eigenvalue weighted by Crippen LogP contribution is -2.07. The molecule has 0 saturated heterocycles. The number of ether oxygens (including phenoxy) is 1. The predicted molar refractivity (Wildman–Crippen MR) is 69.7 cm³/mol. The molecule has 3 nitrogen and oxygen atoms in total. The Morgan fingerprint density at radius 3 is 2.56 bits per heavy atom. The van der Waals surface area contributed by atoms with Crippen molar-refractivity contribution >= 4 is 5.78 Å². The maximum absolute atomic E-state index is 11.5. The van der Waals surface area contributed by atoms with Gasteiger partial charge in [-0.3, -0.25) is 4.79 Å². The highest BCUT2D eigenvalue weighted by Crippen LogP contribution is 2.23. The van der Waals surface area contributed by atoms with E-state index in [0.717, 1.165) is 5.56 Å². The third-order valence-electron chi connectivity index (χ3n) is 2.71. The fourth-order valence-corrected chi connectivity index (χ4v) is 1.71. The van der Waals surface area contributed by atoms with Gasteiger partial charge in [-0.2, -0.15) is 0 Å². The quantitative estimate of drug-likeness (QED) is 0.770. The van der Waals surface area contributed by atoms with Crippen molar-refractivity contribution in [3.05, 3.63) is 59.8 Å². The first-order valence-electron chi connectivity index (χ1n) is 5.86. The zero-order chi connectivity index (χ0) is 13.0. The normalized spacial score (nSPS) is 11.9. The first-order valence-corrected chi connectivity index (χ1v) is 5.86. The average Bonchev–Trinajstić information content (AvgIpc) is 2.40. The maximum Gasteiger partial charge on any atom is 0.224 e. The second kappa shape index (κ2) is 5.45. The van der Waals surface area contributed by atoms with Crippen LogP contribution in [0.15, 0.2) is 48.7 Å². The fraction of sp³-hybridized carbons (Fsp3) is 0.200. The van der Waals surface area contributed by atoms with Crippen LogP contribution in [0.4, 0.5) is 0 Å². The van der Waals surface area contributed by atoms with Crippen LogP contribution in [0.2, 0.25) is 0 Å². The van der Waals surface area contributed by atoms with Gasteiger partial charge in [-0.1, -0.05) is 30.3 Å². The molecule has 2 aromatic rings. The van der Waals surface area contributed by atoms with Crippen LogP contribution in [0.1, 0.15) is 35.9 Å². The van der Waals surface area contributed by atoms with Crippen LogP contribution >= 0.6 is 0 Å². The molecule has 1 aromatic heterocycles. The lowest BCUT2D eigenvalue weighted by Gasteiger charge is -2.15. The van der Waals surface area contributed by atoms with Gasteiger partial charge in [0.25, 0.3) is 0 Å².